The van der Waals surface area contributed by atoms with Crippen molar-refractivity contribution in [2.45, 2.75) is 0 Å². The number of aliphatic hydroxyl groups excluding tert-OH is 1. The van der Waals surface area contributed by atoms with Crippen molar-refractivity contribution < 1.29 is 9.90 Å². The third-order valence-electron chi connectivity index (χ3n) is 0.439. The van der Waals surface area contributed by atoms with Gasteiger partial charge in [0, 0.05) is 0 Å². The fourth-order valence-electron chi connectivity index (χ4n) is 0.150. The van der Waals surface area contributed by atoms with E-state index < -0.39 is 0 Å². The molecule has 0 rings (SSSR count). The molecule has 58 valence electrons. The lowest BCUT2D eigenvalue weighted by Gasteiger charge is -1.89. The van der Waals surface area contributed by atoms with Gasteiger partial charge in [-0.2, -0.15) is 0 Å². The van der Waals surface area contributed by atoms with E-state index in [1.165, 1.54) is 6.20 Å². The third kappa shape index (κ3) is 15.9. The zero-order valence-corrected chi connectivity index (χ0v) is 5.71. The molecule has 0 aliphatic heterocycles. The van der Waals surface area contributed by atoms with Gasteiger partial charge in [-0.1, -0.05) is 13.2 Å². The molecule has 4 heteroatoms. The monoisotopic (exact) mass is 144 g/mol. The topological polar surface area (TPSA) is 75.3 Å². The lowest BCUT2D eigenvalue weighted by molar-refractivity contribution is -0.117. The molecule has 0 bridgehead atoms. The third-order valence-corrected chi connectivity index (χ3v) is 0.439. The van der Waals surface area contributed by atoms with Crippen molar-refractivity contribution in [2.75, 3.05) is 6.73 Å². The maximum absolute atomic E-state index is 10.0. The summed E-state index contributed by atoms with van der Waals surface area (Å²) in [5.41, 5.74) is 4.61. The molecule has 0 fully saturated rings. The SMILES string of the molecule is C=CC(=O)NCO.C=CN. The van der Waals surface area contributed by atoms with Crippen LogP contribution in [0.3, 0.4) is 0 Å². The molecule has 0 spiro atoms. The molecule has 0 saturated heterocycles. The van der Waals surface area contributed by atoms with Gasteiger partial charge in [0.2, 0.25) is 5.91 Å². The quantitative estimate of drug-likeness (QED) is 0.355. The average molecular weight is 144 g/mol. The molecule has 0 heterocycles. The van der Waals surface area contributed by atoms with Crippen LogP contribution in [0.4, 0.5) is 0 Å². The van der Waals surface area contributed by atoms with Crippen LogP contribution in [0, 0.1) is 0 Å². The van der Waals surface area contributed by atoms with Gasteiger partial charge in [-0.05, 0) is 12.3 Å². The number of amides is 1. The summed E-state index contributed by atoms with van der Waals surface area (Å²) in [5.74, 6) is -0.359. The van der Waals surface area contributed by atoms with Crippen LogP contribution in [-0.4, -0.2) is 17.7 Å². The smallest absolute Gasteiger partial charge is 0.245 e. The zero-order chi connectivity index (χ0) is 8.41. The van der Waals surface area contributed by atoms with Crippen LogP contribution in [0.2, 0.25) is 0 Å². The van der Waals surface area contributed by atoms with Crippen molar-refractivity contribution in [3.8, 4) is 0 Å². The normalized spacial score (nSPS) is 6.50. The Morgan fingerprint density at radius 2 is 2.10 bits per heavy atom. The predicted molar refractivity (Wildman–Crippen MR) is 39.8 cm³/mol. The summed E-state index contributed by atoms with van der Waals surface area (Å²) in [6.07, 6.45) is 2.34. The van der Waals surface area contributed by atoms with E-state index in [0.29, 0.717) is 0 Å². The molecule has 0 aliphatic rings. The standard InChI is InChI=1S/C4H7NO2.C2H5N/c1-2-4(7)5-3-6;1-2-3/h2,6H,1,3H2,(H,5,7);2H,1,3H2. The summed E-state index contributed by atoms with van der Waals surface area (Å²) in [6.45, 7) is 5.97. The number of nitrogens with two attached hydrogens (primary N) is 1. The van der Waals surface area contributed by atoms with E-state index in [2.05, 4.69) is 24.2 Å². The first-order valence-electron chi connectivity index (χ1n) is 2.56. The molecule has 0 aromatic heterocycles. The number of carbonyl (C=O) groups is 1. The highest BCUT2D eigenvalue weighted by Gasteiger charge is 1.84. The number of nitrogens with one attached hydrogen (secondary N) is 1. The minimum absolute atomic E-state index is 0.329. The van der Waals surface area contributed by atoms with Crippen molar-refractivity contribution in [3.63, 3.8) is 0 Å². The average Bonchev–Trinajstić information content (AvgIpc) is 1.90. The molecule has 0 radical (unpaired) electrons. The molecule has 1 amide bonds. The highest BCUT2D eigenvalue weighted by molar-refractivity contribution is 5.86. The fourth-order valence-corrected chi connectivity index (χ4v) is 0.150. The maximum Gasteiger partial charge on any atom is 0.245 e. The number of carbonyl (C=O) groups excluding carboxylic acids is 1. The Morgan fingerprint density at radius 1 is 1.70 bits per heavy atom. The van der Waals surface area contributed by atoms with Gasteiger partial charge < -0.3 is 16.2 Å². The molecule has 4 nitrogen and oxygen atoms in total. The van der Waals surface area contributed by atoms with Gasteiger partial charge in [0.15, 0.2) is 0 Å². The molecule has 0 aromatic rings. The van der Waals surface area contributed by atoms with Crippen molar-refractivity contribution in [2.24, 2.45) is 5.73 Å². The molecule has 10 heavy (non-hydrogen) atoms. The number of hydrogen-bond acceptors (Lipinski definition) is 3. The Bertz CT molecular complexity index is 112. The van der Waals surface area contributed by atoms with Crippen molar-refractivity contribution in [1.82, 2.24) is 5.32 Å². The molecule has 0 saturated carbocycles. The van der Waals surface area contributed by atoms with Gasteiger partial charge >= 0.3 is 0 Å². The van der Waals surface area contributed by atoms with Gasteiger partial charge in [0.05, 0.1) is 0 Å². The van der Waals surface area contributed by atoms with Crippen LogP contribution < -0.4 is 11.1 Å². The van der Waals surface area contributed by atoms with E-state index in [-0.39, 0.29) is 12.6 Å². The first-order chi connectivity index (χ1) is 4.72. The Labute approximate surface area is 60.0 Å². The van der Waals surface area contributed by atoms with Crippen molar-refractivity contribution >= 4 is 5.91 Å². The Balaban J connectivity index is 0. The number of hydrogen-bond donors (Lipinski definition) is 3. The van der Waals surface area contributed by atoms with Gasteiger partial charge in [0.1, 0.15) is 6.73 Å². The summed E-state index contributed by atoms with van der Waals surface area (Å²) in [6, 6.07) is 0. The number of aliphatic hydroxyl groups is 1. The van der Waals surface area contributed by atoms with Crippen LogP contribution >= 0.6 is 0 Å². The lowest BCUT2D eigenvalue weighted by Crippen LogP contribution is -2.20. The molecule has 0 aliphatic carbocycles. The Hall–Kier alpha value is -1.29. The van der Waals surface area contributed by atoms with Gasteiger partial charge in [0.25, 0.3) is 0 Å². The van der Waals surface area contributed by atoms with Crippen LogP contribution in [0.5, 0.6) is 0 Å². The lowest BCUT2D eigenvalue weighted by atomic mass is 10.6. The predicted octanol–water partition coefficient (Wildman–Crippen LogP) is -0.673. The van der Waals surface area contributed by atoms with E-state index in [9.17, 15) is 4.79 Å². The molecule has 0 atom stereocenters. The highest BCUT2D eigenvalue weighted by Crippen LogP contribution is 1.59. The van der Waals surface area contributed by atoms with E-state index in [4.69, 9.17) is 5.11 Å². The summed E-state index contributed by atoms with van der Waals surface area (Å²) in [4.78, 5) is 10.0. The summed E-state index contributed by atoms with van der Waals surface area (Å²) >= 11 is 0. The fraction of sp³-hybridized carbons (Fsp3) is 0.167. The highest BCUT2D eigenvalue weighted by atomic mass is 16.3. The Morgan fingerprint density at radius 3 is 2.20 bits per heavy atom. The molecular weight excluding hydrogens is 132 g/mol. The minimum Gasteiger partial charge on any atom is -0.405 e. The molecule has 0 unspecified atom stereocenters. The molecule has 4 N–H and O–H groups in total. The Kier molecular flexibility index (Phi) is 12.2. The van der Waals surface area contributed by atoms with E-state index in [1.54, 1.807) is 0 Å². The summed E-state index contributed by atoms with van der Waals surface area (Å²) in [7, 11) is 0. The summed E-state index contributed by atoms with van der Waals surface area (Å²) in [5, 5.41) is 10.1. The van der Waals surface area contributed by atoms with Crippen molar-refractivity contribution in [3.05, 3.63) is 25.4 Å². The van der Waals surface area contributed by atoms with Crippen LogP contribution in [0.1, 0.15) is 0 Å². The second kappa shape index (κ2) is 10.6. The van der Waals surface area contributed by atoms with Crippen LogP contribution in [0.15, 0.2) is 25.4 Å². The van der Waals surface area contributed by atoms with Gasteiger partial charge in [-0.3, -0.25) is 4.79 Å². The van der Waals surface area contributed by atoms with Gasteiger partial charge in [-0.25, -0.2) is 0 Å². The zero-order valence-electron chi connectivity index (χ0n) is 5.71. The van der Waals surface area contributed by atoms with E-state index in [1.807, 2.05) is 0 Å². The first kappa shape index (κ1) is 11.5. The first-order valence-corrected chi connectivity index (χ1v) is 2.56. The molecular formula is C6H12N2O2. The van der Waals surface area contributed by atoms with Crippen LogP contribution in [0.25, 0.3) is 0 Å². The second-order valence-corrected chi connectivity index (χ2v) is 1.14. The van der Waals surface area contributed by atoms with E-state index in [0.717, 1.165) is 6.08 Å². The second-order valence-electron chi connectivity index (χ2n) is 1.14. The largest absolute Gasteiger partial charge is 0.405 e. The minimum atomic E-state index is -0.359. The number of rotatable bonds is 2. The van der Waals surface area contributed by atoms with Crippen molar-refractivity contribution in [1.29, 1.82) is 0 Å². The summed E-state index contributed by atoms with van der Waals surface area (Å²) < 4.78 is 0. The molecule has 0 aromatic carbocycles. The van der Waals surface area contributed by atoms with Crippen LogP contribution in [-0.2, 0) is 4.79 Å². The maximum atomic E-state index is 10.0. The van der Waals surface area contributed by atoms with E-state index >= 15 is 0 Å². The van der Waals surface area contributed by atoms with Gasteiger partial charge in [-0.15, -0.1) is 0 Å².